The molecule has 0 fully saturated rings. The smallest absolute Gasteiger partial charge is 0.262 e. The zero-order valence-electron chi connectivity index (χ0n) is 6.96. The number of carbonyl (C=O) groups is 2. The van der Waals surface area contributed by atoms with Crippen LogP contribution in [-0.2, 0) is 0 Å². The van der Waals surface area contributed by atoms with E-state index >= 15 is 0 Å². The molecule has 4 nitrogen and oxygen atoms in total. The second-order valence-electron chi connectivity index (χ2n) is 2.67. The third-order valence-electron chi connectivity index (χ3n) is 1.94. The predicted octanol–water partition coefficient (Wildman–Crippen LogP) is 0.579. The molecule has 1 heterocycles. The summed E-state index contributed by atoms with van der Waals surface area (Å²) in [6.45, 7) is 0. The first-order valence-corrected chi connectivity index (χ1v) is 3.76. The van der Waals surface area contributed by atoms with Crippen molar-refractivity contribution in [1.29, 1.82) is 0 Å². The maximum atomic E-state index is 11.2. The molecule has 0 saturated heterocycles. The van der Waals surface area contributed by atoms with Crippen LogP contribution in [0, 0.1) is 0 Å². The Labute approximate surface area is 74.5 Å². The molecule has 1 aliphatic rings. The molecular formula is C9H7NO3. The maximum absolute atomic E-state index is 11.2. The normalized spacial score (nSPS) is 13.9. The molecule has 0 unspecified atom stereocenters. The number of methoxy groups -OCH3 is 1. The SMILES string of the molecule is COc1cccc2c1C(=O)NC2=O. The van der Waals surface area contributed by atoms with Crippen molar-refractivity contribution in [3.05, 3.63) is 29.3 Å². The molecule has 2 amide bonds. The van der Waals surface area contributed by atoms with E-state index in [9.17, 15) is 9.59 Å². The molecule has 1 aromatic rings. The number of benzene rings is 1. The van der Waals surface area contributed by atoms with E-state index < -0.39 is 5.91 Å². The summed E-state index contributed by atoms with van der Waals surface area (Å²) in [4.78, 5) is 22.4. The van der Waals surface area contributed by atoms with Gasteiger partial charge in [-0.25, -0.2) is 0 Å². The minimum Gasteiger partial charge on any atom is -0.496 e. The summed E-state index contributed by atoms with van der Waals surface area (Å²) in [5.74, 6) is -0.322. The fraction of sp³-hybridized carbons (Fsp3) is 0.111. The highest BCUT2D eigenvalue weighted by atomic mass is 16.5. The fourth-order valence-electron chi connectivity index (χ4n) is 1.36. The van der Waals surface area contributed by atoms with Gasteiger partial charge in [-0.3, -0.25) is 14.9 Å². The summed E-state index contributed by atoms with van der Waals surface area (Å²) in [5.41, 5.74) is 0.708. The molecule has 0 aliphatic carbocycles. The summed E-state index contributed by atoms with van der Waals surface area (Å²) in [5, 5.41) is 2.20. The standard InChI is InChI=1S/C9H7NO3/c1-13-6-4-2-3-5-7(6)9(12)10-8(5)11/h2-4H,1H3,(H,10,11,12). The van der Waals surface area contributed by atoms with Gasteiger partial charge in [-0.15, -0.1) is 0 Å². The van der Waals surface area contributed by atoms with Gasteiger partial charge in [-0.1, -0.05) is 6.07 Å². The third-order valence-corrected chi connectivity index (χ3v) is 1.94. The molecule has 0 bridgehead atoms. The number of carbonyl (C=O) groups excluding carboxylic acids is 2. The van der Waals surface area contributed by atoms with Crippen molar-refractivity contribution in [3.63, 3.8) is 0 Å². The molecule has 4 heteroatoms. The van der Waals surface area contributed by atoms with Gasteiger partial charge >= 0.3 is 0 Å². The van der Waals surface area contributed by atoms with E-state index in [-0.39, 0.29) is 5.91 Å². The second kappa shape index (κ2) is 2.58. The molecule has 0 saturated carbocycles. The van der Waals surface area contributed by atoms with Gasteiger partial charge in [0.1, 0.15) is 5.75 Å². The van der Waals surface area contributed by atoms with Crippen molar-refractivity contribution in [2.75, 3.05) is 7.11 Å². The third kappa shape index (κ3) is 0.989. The van der Waals surface area contributed by atoms with E-state index in [4.69, 9.17) is 4.74 Å². The van der Waals surface area contributed by atoms with Crippen LogP contribution in [0.25, 0.3) is 0 Å². The first kappa shape index (κ1) is 7.79. The van der Waals surface area contributed by atoms with Crippen molar-refractivity contribution in [1.82, 2.24) is 5.32 Å². The van der Waals surface area contributed by atoms with Crippen LogP contribution in [0.2, 0.25) is 0 Å². The van der Waals surface area contributed by atoms with Gasteiger partial charge in [0.05, 0.1) is 18.2 Å². The van der Waals surface area contributed by atoms with E-state index in [0.717, 1.165) is 0 Å². The van der Waals surface area contributed by atoms with Gasteiger partial charge in [-0.2, -0.15) is 0 Å². The number of nitrogens with one attached hydrogen (secondary N) is 1. The van der Waals surface area contributed by atoms with Crippen LogP contribution in [0.15, 0.2) is 18.2 Å². The predicted molar refractivity (Wildman–Crippen MR) is 44.8 cm³/mol. The molecule has 0 radical (unpaired) electrons. The summed E-state index contributed by atoms with van der Waals surface area (Å²) < 4.78 is 4.96. The minimum absolute atomic E-state index is 0.329. The van der Waals surface area contributed by atoms with Gasteiger partial charge in [0, 0.05) is 0 Å². The number of hydrogen-bond acceptors (Lipinski definition) is 3. The summed E-state index contributed by atoms with van der Waals surface area (Å²) in [6.07, 6.45) is 0. The van der Waals surface area contributed by atoms with Crippen molar-refractivity contribution < 1.29 is 14.3 Å². The molecule has 0 atom stereocenters. The van der Waals surface area contributed by atoms with Crippen LogP contribution in [-0.4, -0.2) is 18.9 Å². The Morgan fingerprint density at radius 3 is 2.69 bits per heavy atom. The summed E-state index contributed by atoms with van der Waals surface area (Å²) in [7, 11) is 1.46. The van der Waals surface area contributed by atoms with E-state index in [1.54, 1.807) is 18.2 Å². The zero-order chi connectivity index (χ0) is 9.42. The molecular weight excluding hydrogens is 170 g/mol. The molecule has 0 aromatic heterocycles. The summed E-state index contributed by atoms with van der Waals surface area (Å²) in [6, 6.07) is 4.92. The minimum atomic E-state index is -0.391. The van der Waals surface area contributed by atoms with E-state index in [0.29, 0.717) is 16.9 Å². The highest BCUT2D eigenvalue weighted by molar-refractivity contribution is 6.22. The Balaban J connectivity index is 2.69. The largest absolute Gasteiger partial charge is 0.496 e. The number of fused-ring (bicyclic) bond motifs is 1. The van der Waals surface area contributed by atoms with Gasteiger partial charge in [-0.05, 0) is 12.1 Å². The van der Waals surface area contributed by atoms with Crippen LogP contribution >= 0.6 is 0 Å². The van der Waals surface area contributed by atoms with E-state index in [1.165, 1.54) is 7.11 Å². The Morgan fingerprint density at radius 1 is 1.23 bits per heavy atom. The van der Waals surface area contributed by atoms with Gasteiger partial charge < -0.3 is 4.74 Å². The summed E-state index contributed by atoms with van der Waals surface area (Å²) >= 11 is 0. The molecule has 2 rings (SSSR count). The van der Waals surface area contributed by atoms with Crippen LogP contribution in [0.3, 0.4) is 0 Å². The highest BCUT2D eigenvalue weighted by Crippen LogP contribution is 2.25. The lowest BCUT2D eigenvalue weighted by Gasteiger charge is -2.02. The van der Waals surface area contributed by atoms with E-state index in [2.05, 4.69) is 5.32 Å². The van der Waals surface area contributed by atoms with Gasteiger partial charge in [0.15, 0.2) is 0 Å². The van der Waals surface area contributed by atoms with E-state index in [1.807, 2.05) is 0 Å². The Bertz CT molecular complexity index is 398. The Kier molecular flexibility index (Phi) is 1.55. The average molecular weight is 177 g/mol. The van der Waals surface area contributed by atoms with Gasteiger partial charge in [0.2, 0.25) is 0 Å². The first-order valence-electron chi connectivity index (χ1n) is 3.76. The lowest BCUT2D eigenvalue weighted by molar-refractivity contribution is 0.0879. The monoisotopic (exact) mass is 177 g/mol. The lowest BCUT2D eigenvalue weighted by atomic mass is 10.1. The Hall–Kier alpha value is -1.84. The highest BCUT2D eigenvalue weighted by Gasteiger charge is 2.29. The number of rotatable bonds is 1. The Morgan fingerprint density at radius 2 is 2.00 bits per heavy atom. The fourth-order valence-corrected chi connectivity index (χ4v) is 1.36. The molecule has 0 spiro atoms. The molecule has 1 N–H and O–H groups in total. The van der Waals surface area contributed by atoms with Crippen molar-refractivity contribution in [2.45, 2.75) is 0 Å². The molecule has 1 aliphatic heterocycles. The number of imide groups is 1. The molecule has 1 aromatic carbocycles. The maximum Gasteiger partial charge on any atom is 0.262 e. The van der Waals surface area contributed by atoms with Crippen LogP contribution < -0.4 is 10.1 Å². The van der Waals surface area contributed by atoms with Crippen molar-refractivity contribution >= 4 is 11.8 Å². The average Bonchev–Trinajstić information content (AvgIpc) is 2.43. The van der Waals surface area contributed by atoms with Crippen molar-refractivity contribution in [3.8, 4) is 5.75 Å². The van der Waals surface area contributed by atoms with Crippen LogP contribution in [0.1, 0.15) is 20.7 Å². The number of amides is 2. The second-order valence-corrected chi connectivity index (χ2v) is 2.67. The van der Waals surface area contributed by atoms with Crippen molar-refractivity contribution in [2.24, 2.45) is 0 Å². The zero-order valence-corrected chi connectivity index (χ0v) is 6.96. The topological polar surface area (TPSA) is 55.4 Å². The first-order chi connectivity index (χ1) is 6.24. The molecule has 13 heavy (non-hydrogen) atoms. The van der Waals surface area contributed by atoms with Crippen LogP contribution in [0.5, 0.6) is 5.75 Å². The lowest BCUT2D eigenvalue weighted by Crippen LogP contribution is -2.20. The molecule has 66 valence electrons. The number of hydrogen-bond donors (Lipinski definition) is 1. The quantitative estimate of drug-likeness (QED) is 0.638. The van der Waals surface area contributed by atoms with Gasteiger partial charge in [0.25, 0.3) is 11.8 Å². The van der Waals surface area contributed by atoms with Crippen LogP contribution in [0.4, 0.5) is 0 Å². The number of ether oxygens (including phenoxy) is 1.